The summed E-state index contributed by atoms with van der Waals surface area (Å²) in [7, 11) is 0. The number of benzene rings is 10. The third-order valence-electron chi connectivity index (χ3n) is 13.6. The molecule has 0 N–H and O–H groups in total. The van der Waals surface area contributed by atoms with Gasteiger partial charge in [0.1, 0.15) is 22.3 Å². The standard InChI is InChI=1S/C61H37NO2/c1-4-10-37(11-5-1)39-16-18-45-28-46-19-17-41(30-49(46)48(45)29-39)42-20-24-56-50(31-42)51-36-61-55(35-57(51)62(56)47-14-8-3-9-15-47)54-34-44(23-27-60(54)64-61)43-22-26-59-53(33-43)52-32-40(21-25-58(52)63-59)38-12-6-2-7-13-38/h1-27,29-36H,28H2. The molecule has 3 heteroatoms. The van der Waals surface area contributed by atoms with Gasteiger partial charge < -0.3 is 13.4 Å². The Kier molecular flexibility index (Phi) is 7.46. The molecule has 1 aliphatic rings. The summed E-state index contributed by atoms with van der Waals surface area (Å²) in [5.74, 6) is 0. The molecular formula is C61H37NO2. The van der Waals surface area contributed by atoms with Gasteiger partial charge in [0.15, 0.2) is 0 Å². The molecule has 3 aromatic heterocycles. The van der Waals surface area contributed by atoms with Crippen LogP contribution in [0.4, 0.5) is 0 Å². The molecule has 0 aliphatic heterocycles. The van der Waals surface area contributed by atoms with Crippen LogP contribution in [0.25, 0.3) is 127 Å². The molecule has 0 bridgehead atoms. The van der Waals surface area contributed by atoms with Crippen molar-refractivity contribution < 1.29 is 8.83 Å². The van der Waals surface area contributed by atoms with Crippen LogP contribution in [0.5, 0.6) is 0 Å². The van der Waals surface area contributed by atoms with E-state index in [0.717, 1.165) is 78.1 Å². The first-order valence-electron chi connectivity index (χ1n) is 22.0. The highest BCUT2D eigenvalue weighted by Crippen LogP contribution is 2.44. The van der Waals surface area contributed by atoms with Crippen LogP contribution in [0.2, 0.25) is 0 Å². The van der Waals surface area contributed by atoms with Gasteiger partial charge in [-0.15, -0.1) is 0 Å². The van der Waals surface area contributed by atoms with E-state index < -0.39 is 0 Å². The Morgan fingerprint density at radius 3 is 1.25 bits per heavy atom. The normalized spacial score (nSPS) is 12.3. The number of fused-ring (bicyclic) bond motifs is 12. The second-order valence-corrected chi connectivity index (χ2v) is 17.3. The van der Waals surface area contributed by atoms with Gasteiger partial charge in [0.05, 0.1) is 11.0 Å². The molecule has 0 saturated heterocycles. The topological polar surface area (TPSA) is 31.2 Å². The maximum atomic E-state index is 6.70. The fourth-order valence-electron chi connectivity index (χ4n) is 10.4. The van der Waals surface area contributed by atoms with E-state index in [1.165, 1.54) is 66.4 Å². The molecule has 298 valence electrons. The lowest BCUT2D eigenvalue weighted by atomic mass is 9.95. The molecule has 0 fully saturated rings. The molecule has 3 heterocycles. The number of aromatic nitrogens is 1. The molecule has 0 saturated carbocycles. The number of rotatable bonds is 5. The molecule has 64 heavy (non-hydrogen) atoms. The van der Waals surface area contributed by atoms with Crippen molar-refractivity contribution in [1.82, 2.24) is 4.57 Å². The first kappa shape index (κ1) is 35.2. The maximum absolute atomic E-state index is 6.70. The van der Waals surface area contributed by atoms with E-state index in [0.29, 0.717) is 0 Å². The lowest BCUT2D eigenvalue weighted by molar-refractivity contribution is 0.668. The largest absolute Gasteiger partial charge is 0.456 e. The second-order valence-electron chi connectivity index (χ2n) is 17.3. The van der Waals surface area contributed by atoms with Crippen molar-refractivity contribution in [2.75, 3.05) is 0 Å². The van der Waals surface area contributed by atoms with Crippen molar-refractivity contribution in [1.29, 1.82) is 0 Å². The average Bonchev–Trinajstić information content (AvgIpc) is 4.11. The highest BCUT2D eigenvalue weighted by atomic mass is 16.3. The van der Waals surface area contributed by atoms with Gasteiger partial charge in [0.2, 0.25) is 0 Å². The van der Waals surface area contributed by atoms with Crippen LogP contribution >= 0.6 is 0 Å². The minimum Gasteiger partial charge on any atom is -0.456 e. The van der Waals surface area contributed by atoms with Gasteiger partial charge in [-0.05, 0) is 158 Å². The molecule has 0 spiro atoms. The Labute approximate surface area is 368 Å². The zero-order valence-corrected chi connectivity index (χ0v) is 34.7. The molecule has 14 rings (SSSR count). The van der Waals surface area contributed by atoms with Crippen LogP contribution in [0.1, 0.15) is 11.1 Å². The van der Waals surface area contributed by atoms with Crippen LogP contribution in [0.15, 0.2) is 221 Å². The molecule has 0 unspecified atom stereocenters. The Morgan fingerprint density at radius 1 is 0.281 bits per heavy atom. The van der Waals surface area contributed by atoms with Crippen molar-refractivity contribution >= 4 is 65.7 Å². The minimum atomic E-state index is 0.874. The molecule has 10 aromatic carbocycles. The van der Waals surface area contributed by atoms with E-state index in [4.69, 9.17) is 8.83 Å². The van der Waals surface area contributed by atoms with Crippen LogP contribution in [0.3, 0.4) is 0 Å². The molecule has 13 aromatic rings. The van der Waals surface area contributed by atoms with E-state index in [1.807, 2.05) is 0 Å². The van der Waals surface area contributed by atoms with Gasteiger partial charge in [-0.1, -0.05) is 127 Å². The van der Waals surface area contributed by atoms with Crippen molar-refractivity contribution in [3.05, 3.63) is 223 Å². The summed E-state index contributed by atoms with van der Waals surface area (Å²) in [5.41, 5.74) is 22.0. The predicted molar refractivity (Wildman–Crippen MR) is 265 cm³/mol. The Morgan fingerprint density at radius 2 is 0.688 bits per heavy atom. The van der Waals surface area contributed by atoms with Crippen LogP contribution < -0.4 is 0 Å². The zero-order chi connectivity index (χ0) is 41.9. The fourth-order valence-corrected chi connectivity index (χ4v) is 10.4. The number of nitrogens with zero attached hydrogens (tertiary/aromatic N) is 1. The number of furan rings is 2. The first-order valence-corrected chi connectivity index (χ1v) is 22.0. The third kappa shape index (κ3) is 5.41. The second kappa shape index (κ2) is 13.5. The Hall–Kier alpha value is -8.40. The van der Waals surface area contributed by atoms with Gasteiger partial charge in [-0.2, -0.15) is 0 Å². The zero-order valence-electron chi connectivity index (χ0n) is 34.7. The lowest BCUT2D eigenvalue weighted by Crippen LogP contribution is -1.93. The van der Waals surface area contributed by atoms with Crippen LogP contribution in [-0.2, 0) is 6.42 Å². The number of para-hydroxylation sites is 1. The van der Waals surface area contributed by atoms with E-state index in [1.54, 1.807) is 0 Å². The maximum Gasteiger partial charge on any atom is 0.136 e. The van der Waals surface area contributed by atoms with Crippen molar-refractivity contribution in [3.8, 4) is 61.3 Å². The minimum absolute atomic E-state index is 0.874. The van der Waals surface area contributed by atoms with Crippen LogP contribution in [0, 0.1) is 0 Å². The van der Waals surface area contributed by atoms with Gasteiger partial charge in [0.25, 0.3) is 0 Å². The van der Waals surface area contributed by atoms with E-state index in [-0.39, 0.29) is 0 Å². The van der Waals surface area contributed by atoms with Gasteiger partial charge in [0, 0.05) is 38.0 Å². The summed E-state index contributed by atoms with van der Waals surface area (Å²) in [6, 6.07) is 77.0. The smallest absolute Gasteiger partial charge is 0.136 e. The van der Waals surface area contributed by atoms with E-state index >= 15 is 0 Å². The summed E-state index contributed by atoms with van der Waals surface area (Å²) in [5, 5.41) is 6.78. The fraction of sp³-hybridized carbons (Fsp3) is 0.0164. The summed E-state index contributed by atoms with van der Waals surface area (Å²) in [6.45, 7) is 0. The summed E-state index contributed by atoms with van der Waals surface area (Å²) in [4.78, 5) is 0. The highest BCUT2D eigenvalue weighted by Gasteiger charge is 2.22. The first-order chi connectivity index (χ1) is 31.7. The van der Waals surface area contributed by atoms with Gasteiger partial charge in [-0.3, -0.25) is 0 Å². The van der Waals surface area contributed by atoms with Crippen LogP contribution in [-0.4, -0.2) is 4.57 Å². The third-order valence-corrected chi connectivity index (χ3v) is 13.6. The lowest BCUT2D eigenvalue weighted by Gasteiger charge is -2.10. The molecule has 0 atom stereocenters. The highest BCUT2D eigenvalue weighted by molar-refractivity contribution is 6.18. The van der Waals surface area contributed by atoms with Crippen molar-refractivity contribution in [2.24, 2.45) is 0 Å². The molecule has 0 radical (unpaired) electrons. The molecule has 1 aliphatic carbocycles. The number of hydrogen-bond acceptors (Lipinski definition) is 2. The summed E-state index contributed by atoms with van der Waals surface area (Å²) < 4.78 is 15.4. The number of hydrogen-bond donors (Lipinski definition) is 0. The average molecular weight is 816 g/mol. The summed E-state index contributed by atoms with van der Waals surface area (Å²) >= 11 is 0. The summed E-state index contributed by atoms with van der Waals surface area (Å²) in [6.07, 6.45) is 0.964. The molecule has 0 amide bonds. The Bertz CT molecular complexity index is 4020. The van der Waals surface area contributed by atoms with Crippen molar-refractivity contribution in [3.63, 3.8) is 0 Å². The Balaban J connectivity index is 0.900. The van der Waals surface area contributed by atoms with E-state index in [2.05, 4.69) is 217 Å². The SMILES string of the molecule is c1ccc(-c2ccc3c(c2)-c2cc(-c4ccc5c(c4)c4cc6oc7ccc(-c8ccc9oc%10ccc(-c%11ccccc%11)cc%10c9c8)cc7c6cc4n5-c4ccccc4)ccc2C3)cc1. The molecule has 3 nitrogen and oxygen atoms in total. The molecular weight excluding hydrogens is 779 g/mol. The predicted octanol–water partition coefficient (Wildman–Crippen LogP) is 16.8. The quantitative estimate of drug-likeness (QED) is 0.173. The monoisotopic (exact) mass is 815 g/mol. The van der Waals surface area contributed by atoms with Gasteiger partial charge in [-0.25, -0.2) is 0 Å². The van der Waals surface area contributed by atoms with E-state index in [9.17, 15) is 0 Å². The van der Waals surface area contributed by atoms with Gasteiger partial charge >= 0.3 is 0 Å². The van der Waals surface area contributed by atoms with Crippen molar-refractivity contribution in [2.45, 2.75) is 6.42 Å².